The quantitative estimate of drug-likeness (QED) is 0.894. The van der Waals surface area contributed by atoms with Gasteiger partial charge in [-0.2, -0.15) is 0 Å². The van der Waals surface area contributed by atoms with Crippen molar-refractivity contribution in [3.8, 4) is 0 Å². The average Bonchev–Trinajstić information content (AvgIpc) is 2.83. The number of carbonyl (C=O) groups is 2. The fourth-order valence-electron chi connectivity index (χ4n) is 2.78. The first kappa shape index (κ1) is 16.8. The lowest BCUT2D eigenvalue weighted by Gasteiger charge is -2.15. The Bertz CT molecular complexity index is 575. The van der Waals surface area contributed by atoms with E-state index >= 15 is 0 Å². The Kier molecular flexibility index (Phi) is 5.42. The predicted octanol–water partition coefficient (Wildman–Crippen LogP) is 2.50. The van der Waals surface area contributed by atoms with E-state index in [1.165, 1.54) is 4.90 Å². The fraction of sp³-hybridized carbons (Fsp3) is 0.500. The molecule has 1 aliphatic rings. The number of halogens is 1. The van der Waals surface area contributed by atoms with Crippen LogP contribution in [0.4, 0.5) is 5.69 Å². The Morgan fingerprint density at radius 3 is 2.64 bits per heavy atom. The molecule has 120 valence electrons. The Morgan fingerprint density at radius 2 is 2.09 bits per heavy atom. The number of hydrogen-bond acceptors (Lipinski definition) is 3. The Labute approximate surface area is 135 Å². The molecule has 0 unspecified atom stereocenters. The van der Waals surface area contributed by atoms with Gasteiger partial charge in [0.15, 0.2) is 0 Å². The highest BCUT2D eigenvalue weighted by Crippen LogP contribution is 2.27. The van der Waals surface area contributed by atoms with E-state index < -0.39 is 0 Å². The van der Waals surface area contributed by atoms with Crippen molar-refractivity contribution in [3.05, 3.63) is 28.8 Å². The third kappa shape index (κ3) is 3.99. The molecule has 2 rings (SSSR count). The molecule has 0 aromatic heterocycles. The van der Waals surface area contributed by atoms with Crippen LogP contribution >= 0.6 is 11.6 Å². The van der Waals surface area contributed by atoms with Crippen LogP contribution in [0.1, 0.15) is 36.0 Å². The Morgan fingerprint density at radius 1 is 1.36 bits per heavy atom. The highest BCUT2D eigenvalue weighted by Gasteiger charge is 2.26. The molecular weight excluding hydrogens is 302 g/mol. The first-order chi connectivity index (χ1) is 10.4. The van der Waals surface area contributed by atoms with Crippen LogP contribution in [0.3, 0.4) is 0 Å². The zero-order chi connectivity index (χ0) is 16.3. The van der Waals surface area contributed by atoms with Gasteiger partial charge in [-0.05, 0) is 37.0 Å². The van der Waals surface area contributed by atoms with Crippen LogP contribution in [0.2, 0.25) is 5.02 Å². The average molecular weight is 324 g/mol. The number of nitrogens with two attached hydrogens (primary N) is 1. The van der Waals surface area contributed by atoms with E-state index in [-0.39, 0.29) is 23.8 Å². The smallest absolute Gasteiger partial charge is 0.254 e. The number of anilines is 1. The minimum Gasteiger partial charge on any atom is -0.345 e. The summed E-state index contributed by atoms with van der Waals surface area (Å²) in [5.74, 6) is 0.0231. The van der Waals surface area contributed by atoms with Crippen molar-refractivity contribution in [2.75, 3.05) is 19.4 Å². The molecule has 1 aromatic carbocycles. The lowest BCUT2D eigenvalue weighted by Crippen LogP contribution is -2.28. The first-order valence-electron chi connectivity index (χ1n) is 7.45. The molecule has 2 atom stereocenters. The molecule has 6 heteroatoms. The molecular formula is C16H22ClN3O2. The molecule has 2 amide bonds. The summed E-state index contributed by atoms with van der Waals surface area (Å²) in [6, 6.07) is 5.04. The van der Waals surface area contributed by atoms with Gasteiger partial charge in [-0.3, -0.25) is 9.59 Å². The number of benzene rings is 1. The second-order valence-corrected chi connectivity index (χ2v) is 6.41. The van der Waals surface area contributed by atoms with Crippen LogP contribution < -0.4 is 11.1 Å². The van der Waals surface area contributed by atoms with E-state index in [9.17, 15) is 9.59 Å². The Balaban J connectivity index is 2.00. The molecule has 0 aliphatic heterocycles. The van der Waals surface area contributed by atoms with Crippen LogP contribution in [0.25, 0.3) is 0 Å². The fourth-order valence-corrected chi connectivity index (χ4v) is 3.04. The molecule has 0 spiro atoms. The van der Waals surface area contributed by atoms with Crippen molar-refractivity contribution in [2.24, 2.45) is 11.7 Å². The normalized spacial score (nSPS) is 20.7. The Hall–Kier alpha value is -1.59. The minimum absolute atomic E-state index is 0.0647. The lowest BCUT2D eigenvalue weighted by atomic mass is 10.00. The van der Waals surface area contributed by atoms with Gasteiger partial charge in [0.2, 0.25) is 5.91 Å². The largest absolute Gasteiger partial charge is 0.345 e. The number of rotatable bonds is 4. The van der Waals surface area contributed by atoms with E-state index in [4.69, 9.17) is 17.3 Å². The van der Waals surface area contributed by atoms with Gasteiger partial charge in [0.25, 0.3) is 5.91 Å². The van der Waals surface area contributed by atoms with Crippen molar-refractivity contribution in [3.63, 3.8) is 0 Å². The molecule has 0 bridgehead atoms. The number of nitrogens with one attached hydrogen (secondary N) is 1. The molecule has 5 nitrogen and oxygen atoms in total. The first-order valence-corrected chi connectivity index (χ1v) is 7.83. The minimum atomic E-state index is -0.167. The zero-order valence-corrected chi connectivity index (χ0v) is 13.7. The van der Waals surface area contributed by atoms with Crippen molar-refractivity contribution in [2.45, 2.75) is 31.7 Å². The topological polar surface area (TPSA) is 75.4 Å². The van der Waals surface area contributed by atoms with Gasteiger partial charge in [0.1, 0.15) is 0 Å². The van der Waals surface area contributed by atoms with Gasteiger partial charge in [-0.15, -0.1) is 0 Å². The van der Waals surface area contributed by atoms with Gasteiger partial charge in [-0.25, -0.2) is 0 Å². The van der Waals surface area contributed by atoms with Gasteiger partial charge in [0.05, 0.1) is 10.6 Å². The monoisotopic (exact) mass is 323 g/mol. The number of carbonyl (C=O) groups excluding carboxylic acids is 2. The summed E-state index contributed by atoms with van der Waals surface area (Å²) in [6.45, 7) is 0. The number of amides is 2. The highest BCUT2D eigenvalue weighted by molar-refractivity contribution is 6.34. The SMILES string of the molecule is CN(C)C(=O)c1ccc(NC(=O)C[C@@H]2CCC[C@H]2N)cc1Cl. The molecule has 22 heavy (non-hydrogen) atoms. The van der Waals surface area contributed by atoms with Crippen LogP contribution in [0.5, 0.6) is 0 Å². The summed E-state index contributed by atoms with van der Waals surface area (Å²) in [7, 11) is 3.33. The molecule has 1 aromatic rings. The maximum atomic E-state index is 12.1. The van der Waals surface area contributed by atoms with Crippen LogP contribution in [0, 0.1) is 5.92 Å². The van der Waals surface area contributed by atoms with Crippen molar-refractivity contribution < 1.29 is 9.59 Å². The summed E-state index contributed by atoms with van der Waals surface area (Å²) in [5, 5.41) is 3.15. The van der Waals surface area contributed by atoms with Crippen molar-refractivity contribution in [1.82, 2.24) is 4.90 Å². The molecule has 0 heterocycles. The summed E-state index contributed by atoms with van der Waals surface area (Å²) in [4.78, 5) is 25.4. The summed E-state index contributed by atoms with van der Waals surface area (Å²) in [6.07, 6.45) is 3.51. The maximum absolute atomic E-state index is 12.1. The highest BCUT2D eigenvalue weighted by atomic mass is 35.5. The van der Waals surface area contributed by atoms with Crippen molar-refractivity contribution >= 4 is 29.1 Å². The van der Waals surface area contributed by atoms with Crippen LogP contribution in [-0.4, -0.2) is 36.9 Å². The number of nitrogens with zero attached hydrogens (tertiary/aromatic N) is 1. The van der Waals surface area contributed by atoms with E-state index in [1.807, 2.05) is 0 Å². The van der Waals surface area contributed by atoms with E-state index in [2.05, 4.69) is 5.32 Å². The molecule has 1 aliphatic carbocycles. The van der Waals surface area contributed by atoms with E-state index in [1.54, 1.807) is 32.3 Å². The molecule has 1 saturated carbocycles. The lowest BCUT2D eigenvalue weighted by molar-refractivity contribution is -0.117. The van der Waals surface area contributed by atoms with E-state index in [0.29, 0.717) is 22.7 Å². The second-order valence-electron chi connectivity index (χ2n) is 6.00. The standard InChI is InChI=1S/C16H22ClN3O2/c1-20(2)16(22)12-7-6-11(9-13(12)17)19-15(21)8-10-4-3-5-14(10)18/h6-7,9-10,14H,3-5,8,18H2,1-2H3,(H,19,21)/t10-,14+/m0/s1. The summed E-state index contributed by atoms with van der Waals surface area (Å²) >= 11 is 6.13. The van der Waals surface area contributed by atoms with E-state index in [0.717, 1.165) is 19.3 Å². The third-order valence-electron chi connectivity index (χ3n) is 4.05. The molecule has 0 radical (unpaired) electrons. The maximum Gasteiger partial charge on any atom is 0.254 e. The predicted molar refractivity (Wildman–Crippen MR) is 88.0 cm³/mol. The van der Waals surface area contributed by atoms with Crippen molar-refractivity contribution in [1.29, 1.82) is 0 Å². The van der Waals surface area contributed by atoms with Crippen LogP contribution in [0.15, 0.2) is 18.2 Å². The molecule has 3 N–H and O–H groups in total. The third-order valence-corrected chi connectivity index (χ3v) is 4.37. The van der Waals surface area contributed by atoms with Gasteiger partial charge in [0, 0.05) is 32.2 Å². The molecule has 1 fully saturated rings. The molecule has 0 saturated heterocycles. The summed E-state index contributed by atoms with van der Waals surface area (Å²) in [5.41, 5.74) is 7.00. The summed E-state index contributed by atoms with van der Waals surface area (Å²) < 4.78 is 0. The van der Waals surface area contributed by atoms with Crippen LogP contribution in [-0.2, 0) is 4.79 Å². The van der Waals surface area contributed by atoms with Gasteiger partial charge >= 0.3 is 0 Å². The zero-order valence-electron chi connectivity index (χ0n) is 12.9. The van der Waals surface area contributed by atoms with Gasteiger partial charge in [-0.1, -0.05) is 18.0 Å². The number of hydrogen-bond donors (Lipinski definition) is 2. The van der Waals surface area contributed by atoms with Gasteiger partial charge < -0.3 is 16.0 Å². The second kappa shape index (κ2) is 7.11.